The monoisotopic (exact) mass is 244 g/mol. The van der Waals surface area contributed by atoms with E-state index >= 15 is 0 Å². The van der Waals surface area contributed by atoms with E-state index in [1.807, 2.05) is 19.1 Å². The predicted molar refractivity (Wildman–Crippen MR) is 69.3 cm³/mol. The number of benzene rings is 1. The number of phenolic OH excluding ortho intramolecular Hbond substituents is 2. The van der Waals surface area contributed by atoms with Crippen molar-refractivity contribution in [1.82, 2.24) is 10.3 Å². The summed E-state index contributed by atoms with van der Waals surface area (Å²) in [6.45, 7) is 2.51. The number of aromatic hydroxyl groups is 2. The standard InChI is InChI=1S/C14H16N2O2/c1-10(11-5-3-7-15-8-11)16-9-12-4-2-6-13(17)14(12)18/h2-8,10,16-18H,9H2,1H3/t10-/m1/s1. The van der Waals surface area contributed by atoms with E-state index in [0.29, 0.717) is 12.1 Å². The lowest BCUT2D eigenvalue weighted by molar-refractivity contribution is 0.396. The molecule has 0 aliphatic carbocycles. The molecule has 3 N–H and O–H groups in total. The van der Waals surface area contributed by atoms with Gasteiger partial charge < -0.3 is 15.5 Å². The van der Waals surface area contributed by atoms with Gasteiger partial charge in [-0.15, -0.1) is 0 Å². The first-order chi connectivity index (χ1) is 8.68. The molecule has 18 heavy (non-hydrogen) atoms. The summed E-state index contributed by atoms with van der Waals surface area (Å²) in [4.78, 5) is 4.06. The van der Waals surface area contributed by atoms with Crippen LogP contribution in [0.2, 0.25) is 0 Å². The van der Waals surface area contributed by atoms with E-state index in [1.165, 1.54) is 6.07 Å². The molecular weight excluding hydrogens is 228 g/mol. The first-order valence-electron chi connectivity index (χ1n) is 5.81. The number of rotatable bonds is 4. The fourth-order valence-corrected chi connectivity index (χ4v) is 1.73. The minimum Gasteiger partial charge on any atom is -0.504 e. The quantitative estimate of drug-likeness (QED) is 0.722. The fourth-order valence-electron chi connectivity index (χ4n) is 1.73. The minimum atomic E-state index is -0.0941. The Balaban J connectivity index is 2.02. The third kappa shape index (κ3) is 2.78. The number of nitrogens with zero attached hydrogens (tertiary/aromatic N) is 1. The van der Waals surface area contributed by atoms with Crippen LogP contribution in [0, 0.1) is 0 Å². The molecule has 0 amide bonds. The van der Waals surface area contributed by atoms with Crippen LogP contribution < -0.4 is 5.32 Å². The predicted octanol–water partition coefficient (Wildman–Crippen LogP) is 2.34. The molecule has 0 saturated carbocycles. The van der Waals surface area contributed by atoms with Gasteiger partial charge in [-0.2, -0.15) is 0 Å². The third-order valence-electron chi connectivity index (χ3n) is 2.88. The Morgan fingerprint density at radius 1 is 1.22 bits per heavy atom. The molecule has 2 rings (SSSR count). The first kappa shape index (κ1) is 12.4. The maximum atomic E-state index is 9.68. The second kappa shape index (κ2) is 5.51. The summed E-state index contributed by atoms with van der Waals surface area (Å²) in [5.41, 5.74) is 1.75. The molecule has 0 fully saturated rings. The number of pyridine rings is 1. The Morgan fingerprint density at radius 3 is 2.78 bits per heavy atom. The van der Waals surface area contributed by atoms with E-state index in [4.69, 9.17) is 0 Å². The molecule has 4 nitrogen and oxygen atoms in total. The molecule has 0 aliphatic heterocycles. The highest BCUT2D eigenvalue weighted by molar-refractivity contribution is 5.44. The van der Waals surface area contributed by atoms with Crippen molar-refractivity contribution in [2.24, 2.45) is 0 Å². The molecule has 0 radical (unpaired) electrons. The molecule has 2 aromatic rings. The number of hydrogen-bond acceptors (Lipinski definition) is 4. The van der Waals surface area contributed by atoms with Gasteiger partial charge in [-0.1, -0.05) is 18.2 Å². The maximum absolute atomic E-state index is 9.68. The zero-order chi connectivity index (χ0) is 13.0. The summed E-state index contributed by atoms with van der Waals surface area (Å²) in [5, 5.41) is 22.3. The van der Waals surface area contributed by atoms with E-state index < -0.39 is 0 Å². The van der Waals surface area contributed by atoms with Crippen molar-refractivity contribution in [2.45, 2.75) is 19.5 Å². The highest BCUT2D eigenvalue weighted by atomic mass is 16.3. The van der Waals surface area contributed by atoms with Crippen molar-refractivity contribution in [2.75, 3.05) is 0 Å². The topological polar surface area (TPSA) is 65.4 Å². The molecule has 1 aromatic heterocycles. The second-order valence-electron chi connectivity index (χ2n) is 4.17. The van der Waals surface area contributed by atoms with Gasteiger partial charge in [0.05, 0.1) is 0 Å². The summed E-state index contributed by atoms with van der Waals surface area (Å²) >= 11 is 0. The summed E-state index contributed by atoms with van der Waals surface area (Å²) in [7, 11) is 0. The van der Waals surface area contributed by atoms with E-state index in [1.54, 1.807) is 24.5 Å². The van der Waals surface area contributed by atoms with Crippen molar-refractivity contribution in [3.63, 3.8) is 0 Å². The van der Waals surface area contributed by atoms with Crippen molar-refractivity contribution >= 4 is 0 Å². The van der Waals surface area contributed by atoms with Gasteiger partial charge in [0, 0.05) is 30.5 Å². The van der Waals surface area contributed by atoms with Gasteiger partial charge >= 0.3 is 0 Å². The summed E-state index contributed by atoms with van der Waals surface area (Å²) in [5.74, 6) is -0.160. The van der Waals surface area contributed by atoms with Crippen LogP contribution in [0.5, 0.6) is 11.5 Å². The van der Waals surface area contributed by atoms with Crippen LogP contribution in [-0.2, 0) is 6.54 Å². The van der Waals surface area contributed by atoms with Crippen molar-refractivity contribution in [3.8, 4) is 11.5 Å². The van der Waals surface area contributed by atoms with Gasteiger partial charge in [-0.3, -0.25) is 4.98 Å². The molecule has 0 bridgehead atoms. The lowest BCUT2D eigenvalue weighted by Crippen LogP contribution is -2.18. The number of hydrogen-bond donors (Lipinski definition) is 3. The second-order valence-corrected chi connectivity index (χ2v) is 4.17. The van der Waals surface area contributed by atoms with Gasteiger partial charge in [0.2, 0.25) is 0 Å². The van der Waals surface area contributed by atoms with E-state index in [9.17, 15) is 10.2 Å². The molecule has 94 valence electrons. The normalized spacial score (nSPS) is 12.3. The summed E-state index contributed by atoms with van der Waals surface area (Å²) in [6.07, 6.45) is 3.54. The third-order valence-corrected chi connectivity index (χ3v) is 2.88. The van der Waals surface area contributed by atoms with Crippen LogP contribution in [-0.4, -0.2) is 15.2 Å². The number of aromatic nitrogens is 1. The molecule has 4 heteroatoms. The highest BCUT2D eigenvalue weighted by Crippen LogP contribution is 2.28. The van der Waals surface area contributed by atoms with Crippen LogP contribution in [0.3, 0.4) is 0 Å². The molecule has 0 aliphatic rings. The first-order valence-corrected chi connectivity index (χ1v) is 5.81. The van der Waals surface area contributed by atoms with Crippen LogP contribution in [0.4, 0.5) is 0 Å². The van der Waals surface area contributed by atoms with E-state index in [0.717, 1.165) is 5.56 Å². The Morgan fingerprint density at radius 2 is 2.06 bits per heavy atom. The van der Waals surface area contributed by atoms with Crippen molar-refractivity contribution < 1.29 is 10.2 Å². The smallest absolute Gasteiger partial charge is 0.161 e. The van der Waals surface area contributed by atoms with E-state index in [2.05, 4.69) is 10.3 Å². The molecule has 1 atom stereocenters. The van der Waals surface area contributed by atoms with Gasteiger partial charge in [0.25, 0.3) is 0 Å². The van der Waals surface area contributed by atoms with Gasteiger partial charge in [0.1, 0.15) is 0 Å². The number of phenols is 2. The SMILES string of the molecule is C[C@@H](NCc1cccc(O)c1O)c1cccnc1. The molecule has 0 unspecified atom stereocenters. The number of nitrogens with one attached hydrogen (secondary N) is 1. The molecule has 1 aromatic carbocycles. The average molecular weight is 244 g/mol. The van der Waals surface area contributed by atoms with Crippen molar-refractivity contribution in [3.05, 3.63) is 53.9 Å². The molecule has 0 saturated heterocycles. The van der Waals surface area contributed by atoms with Gasteiger partial charge in [-0.25, -0.2) is 0 Å². The lowest BCUT2D eigenvalue weighted by atomic mass is 10.1. The summed E-state index contributed by atoms with van der Waals surface area (Å²) in [6, 6.07) is 8.95. The van der Waals surface area contributed by atoms with Crippen molar-refractivity contribution in [1.29, 1.82) is 0 Å². The number of para-hydroxylation sites is 1. The molecule has 1 heterocycles. The largest absolute Gasteiger partial charge is 0.504 e. The minimum absolute atomic E-state index is 0.0663. The van der Waals surface area contributed by atoms with E-state index in [-0.39, 0.29) is 17.5 Å². The molecule has 0 spiro atoms. The Kier molecular flexibility index (Phi) is 3.79. The Hall–Kier alpha value is -2.07. The van der Waals surface area contributed by atoms with Crippen LogP contribution in [0.15, 0.2) is 42.7 Å². The molecular formula is C14H16N2O2. The van der Waals surface area contributed by atoms with Crippen LogP contribution in [0.25, 0.3) is 0 Å². The fraction of sp³-hybridized carbons (Fsp3) is 0.214. The summed E-state index contributed by atoms with van der Waals surface area (Å²) < 4.78 is 0. The average Bonchev–Trinajstić information content (AvgIpc) is 2.41. The van der Waals surface area contributed by atoms with Gasteiger partial charge in [0.15, 0.2) is 11.5 Å². The zero-order valence-corrected chi connectivity index (χ0v) is 10.2. The lowest BCUT2D eigenvalue weighted by Gasteiger charge is -2.14. The van der Waals surface area contributed by atoms with Crippen LogP contribution >= 0.6 is 0 Å². The van der Waals surface area contributed by atoms with Crippen LogP contribution in [0.1, 0.15) is 24.1 Å². The van der Waals surface area contributed by atoms with Gasteiger partial charge in [-0.05, 0) is 24.6 Å². The Labute approximate surface area is 106 Å². The zero-order valence-electron chi connectivity index (χ0n) is 10.2. The maximum Gasteiger partial charge on any atom is 0.161 e. The highest BCUT2D eigenvalue weighted by Gasteiger charge is 2.08. The Bertz CT molecular complexity index is 514.